The molecule has 2 aromatic carbocycles. The molecule has 0 aliphatic carbocycles. The van der Waals surface area contributed by atoms with Crippen LogP contribution in [-0.4, -0.2) is 30.1 Å². The molecule has 0 radical (unpaired) electrons. The van der Waals surface area contributed by atoms with Crippen molar-refractivity contribution in [2.75, 3.05) is 23.8 Å². The number of nitrogens with zero attached hydrogens (tertiary/aromatic N) is 1. The SMILES string of the molecule is CCOc1ccc(N[C@@H](C)C(=O)Nc2ccccc2[N+](=O)[O-])cc1OCC. The van der Waals surface area contributed by atoms with Crippen LogP contribution < -0.4 is 20.1 Å². The molecule has 0 saturated carbocycles. The van der Waals surface area contributed by atoms with Gasteiger partial charge in [0.2, 0.25) is 5.91 Å². The molecule has 0 saturated heterocycles. The summed E-state index contributed by atoms with van der Waals surface area (Å²) in [6.07, 6.45) is 0. The lowest BCUT2D eigenvalue weighted by Gasteiger charge is -2.17. The monoisotopic (exact) mass is 373 g/mol. The molecule has 0 aliphatic heterocycles. The molecule has 8 nitrogen and oxygen atoms in total. The first-order valence-corrected chi connectivity index (χ1v) is 8.66. The van der Waals surface area contributed by atoms with Gasteiger partial charge in [0, 0.05) is 17.8 Å². The smallest absolute Gasteiger partial charge is 0.292 e. The fraction of sp³-hybridized carbons (Fsp3) is 0.316. The molecule has 2 aromatic rings. The Labute approximate surface area is 157 Å². The highest BCUT2D eigenvalue weighted by atomic mass is 16.6. The van der Waals surface area contributed by atoms with E-state index in [1.807, 2.05) is 13.8 Å². The number of carbonyl (C=O) groups excluding carboxylic acids is 1. The largest absolute Gasteiger partial charge is 0.490 e. The van der Waals surface area contributed by atoms with Gasteiger partial charge in [-0.15, -0.1) is 0 Å². The van der Waals surface area contributed by atoms with Gasteiger partial charge in [-0.2, -0.15) is 0 Å². The average molecular weight is 373 g/mol. The first kappa shape index (κ1) is 20.0. The van der Waals surface area contributed by atoms with Gasteiger partial charge in [-0.3, -0.25) is 14.9 Å². The van der Waals surface area contributed by atoms with E-state index in [1.54, 1.807) is 37.3 Å². The maximum Gasteiger partial charge on any atom is 0.292 e. The molecule has 27 heavy (non-hydrogen) atoms. The van der Waals surface area contributed by atoms with Crippen LogP contribution in [0.5, 0.6) is 11.5 Å². The third kappa shape index (κ3) is 5.34. The summed E-state index contributed by atoms with van der Waals surface area (Å²) in [7, 11) is 0. The van der Waals surface area contributed by atoms with Crippen LogP contribution in [0.25, 0.3) is 0 Å². The number of ether oxygens (including phenoxy) is 2. The van der Waals surface area contributed by atoms with Gasteiger partial charge in [-0.05, 0) is 39.0 Å². The van der Waals surface area contributed by atoms with Crippen molar-refractivity contribution in [2.24, 2.45) is 0 Å². The number of hydrogen-bond donors (Lipinski definition) is 2. The summed E-state index contributed by atoms with van der Waals surface area (Å²) in [6.45, 7) is 6.43. The van der Waals surface area contributed by atoms with Crippen molar-refractivity contribution in [1.82, 2.24) is 0 Å². The van der Waals surface area contributed by atoms with Gasteiger partial charge in [0.25, 0.3) is 5.69 Å². The van der Waals surface area contributed by atoms with Crippen molar-refractivity contribution in [3.63, 3.8) is 0 Å². The zero-order valence-corrected chi connectivity index (χ0v) is 15.5. The second-order valence-corrected chi connectivity index (χ2v) is 5.66. The van der Waals surface area contributed by atoms with E-state index in [0.29, 0.717) is 30.4 Å². The summed E-state index contributed by atoms with van der Waals surface area (Å²) in [5.41, 5.74) is 0.674. The van der Waals surface area contributed by atoms with Crippen LogP contribution in [-0.2, 0) is 4.79 Å². The Kier molecular flexibility index (Phi) is 6.99. The molecule has 144 valence electrons. The van der Waals surface area contributed by atoms with E-state index in [1.165, 1.54) is 12.1 Å². The van der Waals surface area contributed by atoms with E-state index >= 15 is 0 Å². The summed E-state index contributed by atoms with van der Waals surface area (Å²) in [5, 5.41) is 16.7. The summed E-state index contributed by atoms with van der Waals surface area (Å²) in [4.78, 5) is 22.9. The molecule has 2 N–H and O–H groups in total. The lowest BCUT2D eigenvalue weighted by Crippen LogP contribution is -2.32. The minimum atomic E-state index is -0.628. The molecule has 0 aliphatic rings. The summed E-state index contributed by atoms with van der Waals surface area (Å²) in [5.74, 6) is 0.814. The molecule has 0 unspecified atom stereocenters. The summed E-state index contributed by atoms with van der Waals surface area (Å²) < 4.78 is 11.1. The molecule has 2 rings (SSSR count). The summed E-state index contributed by atoms with van der Waals surface area (Å²) in [6, 6.07) is 10.7. The van der Waals surface area contributed by atoms with Crippen LogP contribution in [0.15, 0.2) is 42.5 Å². The minimum Gasteiger partial charge on any atom is -0.490 e. The first-order chi connectivity index (χ1) is 13.0. The number of para-hydroxylation sites is 2. The average Bonchev–Trinajstić information content (AvgIpc) is 2.64. The third-order valence-electron chi connectivity index (χ3n) is 3.68. The molecule has 0 spiro atoms. The van der Waals surface area contributed by atoms with Gasteiger partial charge < -0.3 is 20.1 Å². The Bertz CT molecular complexity index is 810. The molecule has 1 atom stereocenters. The Morgan fingerprint density at radius 2 is 1.78 bits per heavy atom. The van der Waals surface area contributed by atoms with Gasteiger partial charge >= 0.3 is 0 Å². The van der Waals surface area contributed by atoms with Crippen molar-refractivity contribution >= 4 is 23.0 Å². The van der Waals surface area contributed by atoms with Crippen LogP contribution in [0.3, 0.4) is 0 Å². The van der Waals surface area contributed by atoms with E-state index < -0.39 is 16.9 Å². The van der Waals surface area contributed by atoms with Gasteiger partial charge in [0.05, 0.1) is 18.1 Å². The number of nitro benzene ring substituents is 1. The van der Waals surface area contributed by atoms with Crippen molar-refractivity contribution in [3.8, 4) is 11.5 Å². The lowest BCUT2D eigenvalue weighted by molar-refractivity contribution is -0.383. The number of carbonyl (C=O) groups is 1. The predicted molar refractivity (Wildman–Crippen MR) is 104 cm³/mol. The normalized spacial score (nSPS) is 11.4. The van der Waals surface area contributed by atoms with Crippen LogP contribution in [0.1, 0.15) is 20.8 Å². The topological polar surface area (TPSA) is 103 Å². The maximum absolute atomic E-state index is 12.4. The van der Waals surface area contributed by atoms with Gasteiger partial charge in [-0.25, -0.2) is 0 Å². The van der Waals surface area contributed by atoms with E-state index in [9.17, 15) is 14.9 Å². The van der Waals surface area contributed by atoms with Gasteiger partial charge in [0.1, 0.15) is 11.7 Å². The molecule has 0 bridgehead atoms. The van der Waals surface area contributed by atoms with Crippen molar-refractivity contribution in [1.29, 1.82) is 0 Å². The number of nitro groups is 1. The van der Waals surface area contributed by atoms with Crippen LogP contribution in [0.4, 0.5) is 17.1 Å². The second kappa shape index (κ2) is 9.42. The predicted octanol–water partition coefficient (Wildman–Crippen LogP) is 3.83. The quantitative estimate of drug-likeness (QED) is 0.511. The van der Waals surface area contributed by atoms with Crippen molar-refractivity contribution in [2.45, 2.75) is 26.8 Å². The molecular formula is C19H23N3O5. The van der Waals surface area contributed by atoms with E-state index in [-0.39, 0.29) is 11.4 Å². The van der Waals surface area contributed by atoms with Crippen molar-refractivity contribution in [3.05, 3.63) is 52.6 Å². The van der Waals surface area contributed by atoms with E-state index in [4.69, 9.17) is 9.47 Å². The zero-order chi connectivity index (χ0) is 19.8. The van der Waals surface area contributed by atoms with E-state index in [2.05, 4.69) is 10.6 Å². The standard InChI is InChI=1S/C19H23N3O5/c1-4-26-17-11-10-14(12-18(17)27-5-2)20-13(3)19(23)21-15-8-6-7-9-16(15)22(24)25/h6-13,20H,4-5H2,1-3H3,(H,21,23)/t13-/m0/s1. The third-order valence-corrected chi connectivity index (χ3v) is 3.68. The minimum absolute atomic E-state index is 0.155. The molecule has 8 heteroatoms. The molecule has 0 heterocycles. The number of rotatable bonds is 9. The number of benzene rings is 2. The van der Waals surface area contributed by atoms with Crippen LogP contribution in [0, 0.1) is 10.1 Å². The van der Waals surface area contributed by atoms with Gasteiger partial charge in [0.15, 0.2) is 11.5 Å². The lowest BCUT2D eigenvalue weighted by atomic mass is 10.2. The Balaban J connectivity index is 2.10. The Morgan fingerprint density at radius 1 is 1.11 bits per heavy atom. The zero-order valence-electron chi connectivity index (χ0n) is 15.5. The fourth-order valence-corrected chi connectivity index (χ4v) is 2.44. The van der Waals surface area contributed by atoms with E-state index in [0.717, 1.165) is 0 Å². The number of amides is 1. The van der Waals surface area contributed by atoms with Crippen LogP contribution >= 0.6 is 0 Å². The molecule has 1 amide bonds. The maximum atomic E-state index is 12.4. The van der Waals surface area contributed by atoms with Crippen molar-refractivity contribution < 1.29 is 19.2 Å². The Hall–Kier alpha value is -3.29. The molecular weight excluding hydrogens is 350 g/mol. The van der Waals surface area contributed by atoms with Crippen LogP contribution in [0.2, 0.25) is 0 Å². The highest BCUT2D eigenvalue weighted by molar-refractivity contribution is 5.98. The molecule has 0 fully saturated rings. The fourth-order valence-electron chi connectivity index (χ4n) is 2.44. The first-order valence-electron chi connectivity index (χ1n) is 8.66. The number of hydrogen-bond acceptors (Lipinski definition) is 6. The highest BCUT2D eigenvalue weighted by Crippen LogP contribution is 2.31. The number of nitrogens with one attached hydrogen (secondary N) is 2. The Morgan fingerprint density at radius 3 is 2.44 bits per heavy atom. The molecule has 0 aromatic heterocycles. The second-order valence-electron chi connectivity index (χ2n) is 5.66. The number of anilines is 2. The summed E-state index contributed by atoms with van der Waals surface area (Å²) >= 11 is 0. The highest BCUT2D eigenvalue weighted by Gasteiger charge is 2.19. The van der Waals surface area contributed by atoms with Gasteiger partial charge in [-0.1, -0.05) is 12.1 Å².